The molecule has 1 aliphatic rings. The third-order valence-corrected chi connectivity index (χ3v) is 4.20. The average molecular weight is 274 g/mol. The van der Waals surface area contributed by atoms with E-state index in [1.165, 1.54) is 28.1 Å². The van der Waals surface area contributed by atoms with E-state index in [4.69, 9.17) is 0 Å². The number of nitrogens with zero attached hydrogens (tertiary/aromatic N) is 1. The van der Waals surface area contributed by atoms with Gasteiger partial charge in [0.2, 0.25) is 0 Å². The van der Waals surface area contributed by atoms with Crippen LogP contribution in [0, 0.1) is 6.92 Å². The molecule has 0 saturated heterocycles. The average Bonchev–Trinajstić information content (AvgIpc) is 2.92. The molecule has 0 radical (unpaired) electrons. The highest BCUT2D eigenvalue weighted by Gasteiger charge is 2.22. The molecule has 3 aromatic rings. The van der Waals surface area contributed by atoms with E-state index in [2.05, 4.69) is 83.7 Å². The molecule has 2 heterocycles. The first kappa shape index (κ1) is 12.4. The standard InChI is InChI=1S/C19H18N2/c1-14-6-4-8-15(12-14)19-18-10-5-11-21(18)17-9-3-2-7-16(17)13-20-19/h2-12,19-20H,13H2,1H3/t19-/m0/s1. The summed E-state index contributed by atoms with van der Waals surface area (Å²) in [6, 6.07) is 21.9. The first-order valence-electron chi connectivity index (χ1n) is 7.38. The van der Waals surface area contributed by atoms with Crippen molar-refractivity contribution in [3.8, 4) is 5.69 Å². The first-order chi connectivity index (χ1) is 10.3. The van der Waals surface area contributed by atoms with Crippen LogP contribution in [0.4, 0.5) is 0 Å². The molecular formula is C19H18N2. The summed E-state index contributed by atoms with van der Waals surface area (Å²) in [6.45, 7) is 3.03. The van der Waals surface area contributed by atoms with E-state index in [0.717, 1.165) is 6.54 Å². The summed E-state index contributed by atoms with van der Waals surface area (Å²) < 4.78 is 2.31. The monoisotopic (exact) mass is 274 g/mol. The lowest BCUT2D eigenvalue weighted by atomic mass is 10.0. The zero-order valence-electron chi connectivity index (χ0n) is 12.1. The molecule has 0 aliphatic carbocycles. The van der Waals surface area contributed by atoms with Crippen LogP contribution in [0.2, 0.25) is 0 Å². The van der Waals surface area contributed by atoms with Gasteiger partial charge < -0.3 is 9.88 Å². The van der Waals surface area contributed by atoms with Gasteiger partial charge in [0.1, 0.15) is 0 Å². The number of aryl methyl sites for hydroxylation is 1. The third-order valence-electron chi connectivity index (χ3n) is 4.20. The zero-order valence-corrected chi connectivity index (χ0v) is 12.1. The fourth-order valence-electron chi connectivity index (χ4n) is 3.20. The van der Waals surface area contributed by atoms with Gasteiger partial charge in [-0.05, 0) is 36.2 Å². The number of benzene rings is 2. The molecule has 0 saturated carbocycles. The summed E-state index contributed by atoms with van der Waals surface area (Å²) in [5.41, 5.74) is 6.53. The molecule has 0 bridgehead atoms. The Kier molecular flexibility index (Phi) is 2.90. The highest BCUT2D eigenvalue weighted by Crippen LogP contribution is 2.30. The molecular weight excluding hydrogens is 256 g/mol. The van der Waals surface area contributed by atoms with Gasteiger partial charge in [-0.25, -0.2) is 0 Å². The van der Waals surface area contributed by atoms with Crippen molar-refractivity contribution in [2.24, 2.45) is 0 Å². The lowest BCUT2D eigenvalue weighted by Crippen LogP contribution is -2.21. The van der Waals surface area contributed by atoms with Crippen LogP contribution in [0.3, 0.4) is 0 Å². The molecule has 1 aromatic heterocycles. The van der Waals surface area contributed by atoms with Crippen LogP contribution in [0.15, 0.2) is 66.9 Å². The van der Waals surface area contributed by atoms with Crippen molar-refractivity contribution in [1.29, 1.82) is 0 Å². The number of fused-ring (bicyclic) bond motifs is 3. The van der Waals surface area contributed by atoms with Crippen LogP contribution in [0.1, 0.15) is 28.4 Å². The number of rotatable bonds is 1. The van der Waals surface area contributed by atoms with Gasteiger partial charge in [0.05, 0.1) is 6.04 Å². The highest BCUT2D eigenvalue weighted by molar-refractivity contribution is 5.47. The number of nitrogens with one attached hydrogen (secondary N) is 1. The van der Waals surface area contributed by atoms with Crippen molar-refractivity contribution in [2.45, 2.75) is 19.5 Å². The van der Waals surface area contributed by atoms with Crippen LogP contribution in [0.5, 0.6) is 0 Å². The fourth-order valence-corrected chi connectivity index (χ4v) is 3.20. The van der Waals surface area contributed by atoms with E-state index in [1.54, 1.807) is 0 Å². The number of aromatic nitrogens is 1. The summed E-state index contributed by atoms with van der Waals surface area (Å²) in [5.74, 6) is 0. The highest BCUT2D eigenvalue weighted by atomic mass is 15.1. The molecule has 4 rings (SSSR count). The van der Waals surface area contributed by atoms with Crippen molar-refractivity contribution in [3.05, 3.63) is 89.2 Å². The zero-order chi connectivity index (χ0) is 14.2. The minimum absolute atomic E-state index is 0.229. The maximum absolute atomic E-state index is 3.70. The summed E-state index contributed by atoms with van der Waals surface area (Å²) in [4.78, 5) is 0. The second-order valence-corrected chi connectivity index (χ2v) is 5.66. The van der Waals surface area contributed by atoms with Gasteiger partial charge in [-0.15, -0.1) is 0 Å². The SMILES string of the molecule is Cc1cccc([C@@H]2NCc3ccccc3-n3cccc32)c1. The summed E-state index contributed by atoms with van der Waals surface area (Å²) in [7, 11) is 0. The molecule has 1 aliphatic heterocycles. The minimum atomic E-state index is 0.229. The number of para-hydroxylation sites is 1. The van der Waals surface area contributed by atoms with Gasteiger partial charge >= 0.3 is 0 Å². The maximum atomic E-state index is 3.70. The Labute approximate surface area is 125 Å². The van der Waals surface area contributed by atoms with Gasteiger partial charge in [0, 0.05) is 24.1 Å². The summed E-state index contributed by atoms with van der Waals surface area (Å²) >= 11 is 0. The molecule has 0 spiro atoms. The Morgan fingerprint density at radius 3 is 2.81 bits per heavy atom. The number of hydrogen-bond acceptors (Lipinski definition) is 1. The normalized spacial score (nSPS) is 16.9. The number of hydrogen-bond donors (Lipinski definition) is 1. The van der Waals surface area contributed by atoms with Crippen molar-refractivity contribution in [3.63, 3.8) is 0 Å². The lowest BCUT2D eigenvalue weighted by molar-refractivity contribution is 0.600. The summed E-state index contributed by atoms with van der Waals surface area (Å²) in [6.07, 6.45) is 2.16. The van der Waals surface area contributed by atoms with Crippen molar-refractivity contribution >= 4 is 0 Å². The molecule has 0 fully saturated rings. The predicted octanol–water partition coefficient (Wildman–Crippen LogP) is 3.98. The quantitative estimate of drug-likeness (QED) is 0.710. The van der Waals surface area contributed by atoms with Gasteiger partial charge in [0.15, 0.2) is 0 Å². The topological polar surface area (TPSA) is 17.0 Å². The molecule has 104 valence electrons. The Hall–Kier alpha value is -2.32. The lowest BCUT2D eigenvalue weighted by Gasteiger charge is -2.18. The van der Waals surface area contributed by atoms with Crippen molar-refractivity contribution in [1.82, 2.24) is 9.88 Å². The second-order valence-electron chi connectivity index (χ2n) is 5.66. The summed E-state index contributed by atoms with van der Waals surface area (Å²) in [5, 5.41) is 3.70. The van der Waals surface area contributed by atoms with Crippen LogP contribution < -0.4 is 5.32 Å². The molecule has 0 unspecified atom stereocenters. The largest absolute Gasteiger partial charge is 0.319 e. The van der Waals surface area contributed by atoms with Crippen molar-refractivity contribution < 1.29 is 0 Å². The molecule has 2 aromatic carbocycles. The van der Waals surface area contributed by atoms with E-state index in [-0.39, 0.29) is 6.04 Å². The second kappa shape index (κ2) is 4.90. The van der Waals surface area contributed by atoms with E-state index >= 15 is 0 Å². The van der Waals surface area contributed by atoms with Crippen molar-refractivity contribution in [2.75, 3.05) is 0 Å². The van der Waals surface area contributed by atoms with Gasteiger partial charge in [-0.1, -0.05) is 48.0 Å². The third kappa shape index (κ3) is 2.08. The fraction of sp³-hybridized carbons (Fsp3) is 0.158. The van der Waals surface area contributed by atoms with Crippen LogP contribution in [-0.4, -0.2) is 4.57 Å². The predicted molar refractivity (Wildman–Crippen MR) is 85.6 cm³/mol. The van der Waals surface area contributed by atoms with Gasteiger partial charge in [0.25, 0.3) is 0 Å². The molecule has 1 N–H and O–H groups in total. The Balaban J connectivity index is 1.87. The van der Waals surface area contributed by atoms with E-state index < -0.39 is 0 Å². The van der Waals surface area contributed by atoms with E-state index in [0.29, 0.717) is 0 Å². The van der Waals surface area contributed by atoms with Crippen LogP contribution >= 0.6 is 0 Å². The van der Waals surface area contributed by atoms with E-state index in [9.17, 15) is 0 Å². The van der Waals surface area contributed by atoms with Crippen LogP contribution in [0.25, 0.3) is 5.69 Å². The minimum Gasteiger partial charge on any atom is -0.319 e. The van der Waals surface area contributed by atoms with Gasteiger partial charge in [-0.3, -0.25) is 0 Å². The smallest absolute Gasteiger partial charge is 0.0737 e. The van der Waals surface area contributed by atoms with Gasteiger partial charge in [-0.2, -0.15) is 0 Å². The Bertz CT molecular complexity index is 786. The van der Waals surface area contributed by atoms with Crippen LogP contribution in [-0.2, 0) is 6.54 Å². The first-order valence-corrected chi connectivity index (χ1v) is 7.38. The molecule has 2 heteroatoms. The molecule has 0 amide bonds. The molecule has 2 nitrogen and oxygen atoms in total. The molecule has 21 heavy (non-hydrogen) atoms. The maximum Gasteiger partial charge on any atom is 0.0737 e. The Morgan fingerprint density at radius 1 is 1.00 bits per heavy atom. The Morgan fingerprint density at radius 2 is 1.90 bits per heavy atom. The molecule has 1 atom stereocenters. The van der Waals surface area contributed by atoms with E-state index in [1.807, 2.05) is 0 Å².